The largest absolute Gasteiger partial charge is 0.448 e. The molecule has 48 heavy (non-hydrogen) atoms. The summed E-state index contributed by atoms with van der Waals surface area (Å²) in [6.45, 7) is 8.50. The highest BCUT2D eigenvalue weighted by Crippen LogP contribution is 2.50. The van der Waals surface area contributed by atoms with E-state index in [1.807, 2.05) is 0 Å². The Hall–Kier alpha value is -3.67. The summed E-state index contributed by atoms with van der Waals surface area (Å²) in [6, 6.07) is -0.510. The van der Waals surface area contributed by atoms with Gasteiger partial charge in [0.25, 0.3) is 0 Å². The predicted octanol–water partition coefficient (Wildman–Crippen LogP) is 2.57. The normalized spacial score (nSPS) is 29.4. The van der Waals surface area contributed by atoms with Gasteiger partial charge in [0.15, 0.2) is 11.9 Å². The molecule has 2 aliphatic rings. The lowest BCUT2D eigenvalue weighted by Gasteiger charge is -2.36. The first-order valence-corrected chi connectivity index (χ1v) is 18.3. The molecule has 0 radical (unpaired) electrons. The molecule has 4 N–H and O–H groups in total. The number of hydrogen-bond donors (Lipinski definition) is 4. The molecular formula is C31H40N4O10S3. The zero-order valence-electron chi connectivity index (χ0n) is 27.4. The van der Waals surface area contributed by atoms with E-state index < -0.39 is 92.2 Å². The second-order valence-electron chi connectivity index (χ2n) is 12.4. The lowest BCUT2D eigenvalue weighted by molar-refractivity contribution is -0.150. The molecule has 3 amide bonds. The Kier molecular flexibility index (Phi) is 13.0. The van der Waals surface area contributed by atoms with Gasteiger partial charge < -0.3 is 30.5 Å². The average Bonchev–Trinajstić information content (AvgIpc) is 3.51. The summed E-state index contributed by atoms with van der Waals surface area (Å²) in [4.78, 5) is 80.2. The zero-order valence-corrected chi connectivity index (χ0v) is 29.9. The number of nitrogens with one attached hydrogen (secondary N) is 3. The first-order valence-electron chi connectivity index (χ1n) is 14.9. The van der Waals surface area contributed by atoms with Crippen molar-refractivity contribution in [3.63, 3.8) is 0 Å². The number of rotatable bonds is 5. The van der Waals surface area contributed by atoms with Crippen LogP contribution in [0.5, 0.6) is 0 Å². The molecule has 1 aromatic rings. The van der Waals surface area contributed by atoms with Gasteiger partial charge in [0.1, 0.15) is 34.0 Å². The van der Waals surface area contributed by atoms with Gasteiger partial charge in [0, 0.05) is 22.6 Å². The van der Waals surface area contributed by atoms with Gasteiger partial charge in [0.05, 0.1) is 21.6 Å². The van der Waals surface area contributed by atoms with Gasteiger partial charge in [-0.3, -0.25) is 24.0 Å². The summed E-state index contributed by atoms with van der Waals surface area (Å²) in [5, 5.41) is 20.3. The van der Waals surface area contributed by atoms with E-state index in [1.54, 1.807) is 52.2 Å². The molecule has 0 aliphatic carbocycles. The zero-order chi connectivity index (χ0) is 35.9. The summed E-state index contributed by atoms with van der Waals surface area (Å²) in [6.07, 6.45) is 4.55. The fraction of sp³-hybridized carbons (Fsp3) is 0.516. The lowest BCUT2D eigenvalue weighted by Crippen LogP contribution is -2.55. The Morgan fingerprint density at radius 3 is 2.48 bits per heavy atom. The molecule has 2 bridgehead atoms. The molecule has 1 fully saturated rings. The topological polar surface area (TPSA) is 207 Å². The molecule has 3 heterocycles. The number of thiazole rings is 1. The van der Waals surface area contributed by atoms with E-state index in [9.17, 15) is 38.1 Å². The van der Waals surface area contributed by atoms with Gasteiger partial charge in [-0.25, -0.2) is 14.0 Å². The maximum atomic E-state index is 13.3. The third-order valence-electron chi connectivity index (χ3n) is 7.25. The number of ketones is 1. The van der Waals surface area contributed by atoms with Crippen molar-refractivity contribution < 1.29 is 47.6 Å². The van der Waals surface area contributed by atoms with Gasteiger partial charge in [-0.15, -0.1) is 11.3 Å². The van der Waals surface area contributed by atoms with Crippen molar-refractivity contribution in [2.45, 2.75) is 88.9 Å². The van der Waals surface area contributed by atoms with Crippen molar-refractivity contribution >= 4 is 72.8 Å². The molecule has 17 heteroatoms. The third-order valence-corrected chi connectivity index (χ3v) is 12.2. The Balaban J connectivity index is 1.83. The van der Waals surface area contributed by atoms with Crippen molar-refractivity contribution in [2.75, 3.05) is 13.1 Å². The van der Waals surface area contributed by atoms with Crippen LogP contribution in [-0.4, -0.2) is 84.2 Å². The monoisotopic (exact) mass is 724 g/mol. The van der Waals surface area contributed by atoms with Crippen LogP contribution in [0.2, 0.25) is 0 Å². The summed E-state index contributed by atoms with van der Waals surface area (Å²) < 4.78 is 22.1. The van der Waals surface area contributed by atoms with Crippen LogP contribution in [0.4, 0.5) is 4.79 Å². The van der Waals surface area contributed by atoms with E-state index in [0.29, 0.717) is 27.1 Å². The summed E-state index contributed by atoms with van der Waals surface area (Å²) in [7, 11) is -1.51. The minimum absolute atomic E-state index is 0.0758. The number of carbonyl (C=O) groups excluding carboxylic acids is 6. The number of hydrogen-bond acceptors (Lipinski definition) is 13. The van der Waals surface area contributed by atoms with E-state index in [2.05, 4.69) is 20.9 Å². The molecule has 0 saturated carbocycles. The van der Waals surface area contributed by atoms with Gasteiger partial charge in [0.2, 0.25) is 16.9 Å². The van der Waals surface area contributed by atoms with Crippen LogP contribution in [0.25, 0.3) is 6.08 Å². The fourth-order valence-electron chi connectivity index (χ4n) is 4.61. The van der Waals surface area contributed by atoms with Crippen molar-refractivity contribution in [1.82, 2.24) is 20.9 Å². The fourth-order valence-corrected chi connectivity index (χ4v) is 9.35. The van der Waals surface area contributed by atoms with Crippen molar-refractivity contribution in [3.05, 3.63) is 46.0 Å². The molecule has 1 saturated heterocycles. The lowest BCUT2D eigenvalue weighted by atomic mass is 9.81. The Labute approximate surface area is 288 Å². The van der Waals surface area contributed by atoms with E-state index in [0.717, 1.165) is 0 Å². The molecule has 5 atom stereocenters. The first-order chi connectivity index (χ1) is 22.3. The van der Waals surface area contributed by atoms with Crippen LogP contribution in [0.3, 0.4) is 0 Å². The number of nitrogens with zero attached hydrogens (tertiary/aromatic N) is 1. The number of esters is 1. The van der Waals surface area contributed by atoms with Crippen LogP contribution in [0.1, 0.15) is 77.5 Å². The van der Waals surface area contributed by atoms with E-state index >= 15 is 0 Å². The highest BCUT2D eigenvalue weighted by molar-refractivity contribution is 8.76. The smallest absolute Gasteiger partial charge is 0.408 e. The second kappa shape index (κ2) is 16.2. The predicted molar refractivity (Wildman–Crippen MR) is 181 cm³/mol. The van der Waals surface area contributed by atoms with Crippen LogP contribution in [0, 0.1) is 0 Å². The number of ether oxygens (including phenoxy) is 2. The highest BCUT2D eigenvalue weighted by Gasteiger charge is 2.63. The Morgan fingerprint density at radius 1 is 1.15 bits per heavy atom. The maximum absolute atomic E-state index is 13.3. The molecule has 0 aromatic carbocycles. The van der Waals surface area contributed by atoms with Crippen molar-refractivity contribution in [3.8, 4) is 0 Å². The van der Waals surface area contributed by atoms with E-state index in [-0.39, 0.29) is 12.8 Å². The first kappa shape index (κ1) is 38.8. The van der Waals surface area contributed by atoms with Crippen LogP contribution < -0.4 is 16.0 Å². The summed E-state index contributed by atoms with van der Waals surface area (Å²) in [5.41, 5.74) is -1.83. The van der Waals surface area contributed by atoms with Crippen molar-refractivity contribution in [2.24, 2.45) is 0 Å². The van der Waals surface area contributed by atoms with Gasteiger partial charge in [-0.2, -0.15) is 0 Å². The molecule has 1 aromatic heterocycles. The maximum Gasteiger partial charge on any atom is 0.408 e. The Morgan fingerprint density at radius 2 is 1.83 bits per heavy atom. The summed E-state index contributed by atoms with van der Waals surface area (Å²) >= 11 is 1.29. The second-order valence-corrected chi connectivity index (χ2v) is 16.5. The summed E-state index contributed by atoms with van der Waals surface area (Å²) in [5.74, 6) is -2.80. The van der Waals surface area contributed by atoms with Crippen LogP contribution in [0.15, 0.2) is 35.3 Å². The quantitative estimate of drug-likeness (QED) is 0.196. The Bertz CT molecular complexity index is 1560. The number of amides is 3. The molecule has 262 valence electrons. The molecule has 1 unspecified atom stereocenters. The number of alkyl carbamates (subject to hydrolysis) is 1. The van der Waals surface area contributed by atoms with Gasteiger partial charge in [-0.05, 0) is 72.6 Å². The average molecular weight is 725 g/mol. The number of allylic oxidation sites excluding steroid dienone is 3. The minimum atomic E-state index is -2.11. The van der Waals surface area contributed by atoms with Crippen molar-refractivity contribution in [1.29, 1.82) is 0 Å². The standard InChI is InChI=1S/C31H40N4O10S3/c1-18-11-12-31(30(6,42)27(40)47-48(31)43)14-23(37)34-19(2)26-35-20(17-46-26)9-7-8-10-21(36)22(13-18)44-25(39)16-32-24(38)15-33-28(41)45-29(3,4)5/h7-10,13,17,19,22,42H,11-12,14-16H2,1-6H3,(H,32,38)(H,33,41)(H,34,37)/b9-7-,10-8+,18-13+/t19-,22+,30-,31+,48?/m0/s1. The SMILES string of the molecule is C/C1=C\[C@@H](OC(=O)CNC(=O)CNC(=O)OC(C)(C)C)C(=O)/C=C/C=C\c2csc(n2)[C@H](C)NC(=O)C[C@@]2(CC1)S(=O)SC(=O)[C@]2(C)O. The molecule has 2 aliphatic heterocycles. The minimum Gasteiger partial charge on any atom is -0.448 e. The molecule has 14 nitrogen and oxygen atoms in total. The number of fused-ring (bicyclic) bond motifs is 2. The third kappa shape index (κ3) is 10.4. The van der Waals surface area contributed by atoms with Gasteiger partial charge >= 0.3 is 12.1 Å². The van der Waals surface area contributed by atoms with E-state index in [4.69, 9.17) is 9.47 Å². The van der Waals surface area contributed by atoms with Crippen LogP contribution >= 0.6 is 22.1 Å². The highest BCUT2D eigenvalue weighted by atomic mass is 33.1. The number of aromatic nitrogens is 1. The number of carbonyl (C=O) groups is 6. The van der Waals surface area contributed by atoms with E-state index in [1.165, 1.54) is 36.5 Å². The molecular weight excluding hydrogens is 685 g/mol. The molecule has 3 rings (SSSR count). The number of aliphatic hydroxyl groups is 1. The van der Waals surface area contributed by atoms with Crippen LogP contribution in [-0.2, 0) is 43.3 Å². The molecule has 1 spiro atoms. The van der Waals surface area contributed by atoms with Gasteiger partial charge in [-0.1, -0.05) is 17.7 Å².